The van der Waals surface area contributed by atoms with E-state index in [9.17, 15) is 5.11 Å². The molecule has 0 bridgehead atoms. The molecule has 0 radical (unpaired) electrons. The van der Waals surface area contributed by atoms with Gasteiger partial charge < -0.3 is 24.6 Å². The Balaban J connectivity index is 2.07. The van der Waals surface area contributed by atoms with Crippen LogP contribution >= 0.6 is 15.9 Å². The Hall–Kier alpha value is -2.86. The van der Waals surface area contributed by atoms with Crippen LogP contribution in [-0.2, 0) is 0 Å². The van der Waals surface area contributed by atoms with Gasteiger partial charge in [0.2, 0.25) is 5.75 Å². The van der Waals surface area contributed by atoms with E-state index in [4.69, 9.17) is 14.2 Å². The van der Waals surface area contributed by atoms with E-state index in [1.54, 1.807) is 33.5 Å². The number of hydrogen-bond donors (Lipinski definition) is 2. The van der Waals surface area contributed by atoms with E-state index < -0.39 is 0 Å². The Morgan fingerprint density at radius 2 is 1.46 bits per heavy atom. The maximum absolute atomic E-state index is 10.4. The highest BCUT2D eigenvalue weighted by Gasteiger charge is 2.20. The first-order valence-electron chi connectivity index (χ1n) is 8.67. The lowest BCUT2D eigenvalue weighted by Gasteiger charge is -2.23. The van der Waals surface area contributed by atoms with Crippen molar-refractivity contribution < 1.29 is 19.3 Å². The van der Waals surface area contributed by atoms with Crippen LogP contribution in [0.25, 0.3) is 0 Å². The van der Waals surface area contributed by atoms with E-state index >= 15 is 0 Å². The van der Waals surface area contributed by atoms with Gasteiger partial charge in [0.25, 0.3) is 0 Å². The number of methoxy groups -OCH3 is 3. The van der Waals surface area contributed by atoms with E-state index in [1.165, 1.54) is 0 Å². The van der Waals surface area contributed by atoms with Crippen molar-refractivity contribution in [3.8, 4) is 23.0 Å². The van der Waals surface area contributed by atoms with Gasteiger partial charge in [0.05, 0.1) is 27.4 Å². The van der Waals surface area contributed by atoms with Gasteiger partial charge in [-0.05, 0) is 23.8 Å². The highest BCUT2D eigenvalue weighted by molar-refractivity contribution is 9.10. The first-order chi connectivity index (χ1) is 13.6. The standard InChI is InChI=1S/C22H22BrNO4/c1-26-19-12-16(13-20(27-2)22(19)28-3)24-21(14-8-10-15(23)11-9-14)17-6-4-5-7-18(17)25/h4-13,21,24-25H,1-3H3/t21-/m0/s1. The van der Waals surface area contributed by atoms with Crippen LogP contribution < -0.4 is 19.5 Å². The van der Waals surface area contributed by atoms with E-state index in [2.05, 4.69) is 21.2 Å². The molecule has 0 saturated carbocycles. The number of para-hydroxylation sites is 1. The topological polar surface area (TPSA) is 60.0 Å². The van der Waals surface area contributed by atoms with Gasteiger partial charge in [-0.1, -0.05) is 46.3 Å². The number of nitrogens with one attached hydrogen (secondary N) is 1. The van der Waals surface area contributed by atoms with Crippen molar-refractivity contribution in [1.29, 1.82) is 0 Å². The maximum atomic E-state index is 10.4. The number of anilines is 1. The largest absolute Gasteiger partial charge is 0.508 e. The molecular weight excluding hydrogens is 422 g/mol. The van der Waals surface area contributed by atoms with Crippen molar-refractivity contribution in [1.82, 2.24) is 0 Å². The first-order valence-corrected chi connectivity index (χ1v) is 9.46. The Morgan fingerprint density at radius 1 is 0.857 bits per heavy atom. The van der Waals surface area contributed by atoms with Crippen LogP contribution in [-0.4, -0.2) is 26.4 Å². The zero-order valence-corrected chi connectivity index (χ0v) is 17.5. The molecule has 3 aromatic rings. The molecule has 0 aliphatic carbocycles. The van der Waals surface area contributed by atoms with Gasteiger partial charge in [-0.15, -0.1) is 0 Å². The zero-order chi connectivity index (χ0) is 20.1. The fourth-order valence-electron chi connectivity index (χ4n) is 3.06. The fourth-order valence-corrected chi connectivity index (χ4v) is 3.32. The number of rotatable bonds is 7. The smallest absolute Gasteiger partial charge is 0.203 e. The zero-order valence-electron chi connectivity index (χ0n) is 15.9. The molecule has 0 heterocycles. The minimum atomic E-state index is -0.280. The summed E-state index contributed by atoms with van der Waals surface area (Å²) in [5.74, 6) is 1.85. The highest BCUT2D eigenvalue weighted by atomic mass is 79.9. The summed E-state index contributed by atoms with van der Waals surface area (Å²) < 4.78 is 17.3. The van der Waals surface area contributed by atoms with Gasteiger partial charge in [0, 0.05) is 27.9 Å². The summed E-state index contributed by atoms with van der Waals surface area (Å²) in [6.45, 7) is 0. The van der Waals surface area contributed by atoms with Crippen molar-refractivity contribution in [3.63, 3.8) is 0 Å². The molecule has 0 amide bonds. The van der Waals surface area contributed by atoms with Crippen molar-refractivity contribution in [3.05, 3.63) is 76.3 Å². The summed E-state index contributed by atoms with van der Waals surface area (Å²) in [5.41, 5.74) is 2.53. The lowest BCUT2D eigenvalue weighted by Crippen LogP contribution is -2.13. The van der Waals surface area contributed by atoms with Gasteiger partial charge in [-0.25, -0.2) is 0 Å². The third-order valence-corrected chi connectivity index (χ3v) is 4.96. The van der Waals surface area contributed by atoms with Crippen molar-refractivity contribution in [2.75, 3.05) is 26.6 Å². The monoisotopic (exact) mass is 443 g/mol. The van der Waals surface area contributed by atoms with Gasteiger partial charge in [0.1, 0.15) is 5.75 Å². The second-order valence-electron chi connectivity index (χ2n) is 6.10. The number of ether oxygens (including phenoxy) is 3. The minimum absolute atomic E-state index is 0.218. The average Bonchev–Trinajstić information content (AvgIpc) is 2.72. The summed E-state index contributed by atoms with van der Waals surface area (Å²) in [4.78, 5) is 0. The molecule has 0 aromatic heterocycles. The number of phenols is 1. The summed E-state index contributed by atoms with van der Waals surface area (Å²) in [7, 11) is 4.73. The molecular formula is C22H22BrNO4. The highest BCUT2D eigenvalue weighted by Crippen LogP contribution is 2.42. The van der Waals surface area contributed by atoms with Gasteiger partial charge >= 0.3 is 0 Å². The molecule has 0 spiro atoms. The number of aromatic hydroxyl groups is 1. The molecule has 0 fully saturated rings. The molecule has 146 valence electrons. The van der Waals surface area contributed by atoms with Crippen molar-refractivity contribution in [2.24, 2.45) is 0 Å². The van der Waals surface area contributed by atoms with Crippen molar-refractivity contribution >= 4 is 21.6 Å². The van der Waals surface area contributed by atoms with Crippen LogP contribution in [0.5, 0.6) is 23.0 Å². The minimum Gasteiger partial charge on any atom is -0.508 e. The Morgan fingerprint density at radius 3 is 2.00 bits per heavy atom. The predicted molar refractivity (Wildman–Crippen MR) is 114 cm³/mol. The lowest BCUT2D eigenvalue weighted by atomic mass is 9.97. The normalized spacial score (nSPS) is 11.6. The Kier molecular flexibility index (Phi) is 6.31. The van der Waals surface area contributed by atoms with Crippen molar-refractivity contribution in [2.45, 2.75) is 6.04 Å². The van der Waals surface area contributed by atoms with E-state index in [1.807, 2.05) is 48.5 Å². The van der Waals surface area contributed by atoms with Crippen LogP contribution in [0.1, 0.15) is 17.2 Å². The summed E-state index contributed by atoms with van der Waals surface area (Å²) in [5, 5.41) is 13.9. The van der Waals surface area contributed by atoms with E-state index in [-0.39, 0.29) is 11.8 Å². The second-order valence-corrected chi connectivity index (χ2v) is 7.02. The summed E-state index contributed by atoms with van der Waals surface area (Å²) in [6.07, 6.45) is 0. The molecule has 3 aromatic carbocycles. The van der Waals surface area contributed by atoms with E-state index in [0.717, 1.165) is 21.3 Å². The molecule has 3 rings (SSSR count). The number of benzene rings is 3. The summed E-state index contributed by atoms with van der Waals surface area (Å²) in [6, 6.07) is 18.6. The maximum Gasteiger partial charge on any atom is 0.203 e. The number of phenolic OH excluding ortho intramolecular Hbond substituents is 1. The third kappa shape index (κ3) is 4.17. The third-order valence-electron chi connectivity index (χ3n) is 4.43. The predicted octanol–water partition coefficient (Wildman–Crippen LogP) is 5.38. The lowest BCUT2D eigenvalue weighted by molar-refractivity contribution is 0.324. The van der Waals surface area contributed by atoms with E-state index in [0.29, 0.717) is 17.2 Å². The van der Waals surface area contributed by atoms with Gasteiger partial charge in [0.15, 0.2) is 11.5 Å². The Labute approximate surface area is 173 Å². The fraction of sp³-hybridized carbons (Fsp3) is 0.182. The van der Waals surface area contributed by atoms with Crippen LogP contribution in [0.3, 0.4) is 0 Å². The molecule has 28 heavy (non-hydrogen) atoms. The van der Waals surface area contributed by atoms with Crippen LogP contribution in [0.4, 0.5) is 5.69 Å². The Bertz CT molecular complexity index is 919. The molecule has 0 saturated heterocycles. The molecule has 5 nitrogen and oxygen atoms in total. The quantitative estimate of drug-likeness (QED) is 0.512. The number of hydrogen-bond acceptors (Lipinski definition) is 5. The molecule has 1 atom stereocenters. The number of halogens is 1. The molecule has 6 heteroatoms. The first kappa shape index (κ1) is 19.9. The van der Waals surface area contributed by atoms with Crippen LogP contribution in [0, 0.1) is 0 Å². The molecule has 0 aliphatic rings. The van der Waals surface area contributed by atoms with Crippen LogP contribution in [0.2, 0.25) is 0 Å². The van der Waals surface area contributed by atoms with Gasteiger partial charge in [-0.3, -0.25) is 0 Å². The summed E-state index contributed by atoms with van der Waals surface area (Å²) >= 11 is 3.47. The second kappa shape index (κ2) is 8.89. The average molecular weight is 444 g/mol. The SMILES string of the molecule is COc1cc(N[C@@H](c2ccc(Br)cc2)c2ccccc2O)cc(OC)c1OC. The molecule has 2 N–H and O–H groups in total. The van der Waals surface area contributed by atoms with Gasteiger partial charge in [-0.2, -0.15) is 0 Å². The molecule has 0 aliphatic heterocycles. The van der Waals surface area contributed by atoms with Crippen LogP contribution in [0.15, 0.2) is 65.1 Å². The molecule has 0 unspecified atom stereocenters.